The van der Waals surface area contributed by atoms with E-state index in [2.05, 4.69) is 0 Å². The maximum absolute atomic E-state index is 14.1. The molecule has 1 aromatic carbocycles. The fourth-order valence-electron chi connectivity index (χ4n) is 2.19. The van der Waals surface area contributed by atoms with Gasteiger partial charge in [0.1, 0.15) is 5.82 Å². The Kier molecular flexibility index (Phi) is 2.94. The highest BCUT2D eigenvalue weighted by Crippen LogP contribution is 2.29. The van der Waals surface area contributed by atoms with Crippen molar-refractivity contribution in [1.82, 2.24) is 4.57 Å². The third-order valence-corrected chi connectivity index (χ3v) is 4.24. The smallest absolute Gasteiger partial charge is 0.415 e. The zero-order valence-corrected chi connectivity index (χ0v) is 11.6. The maximum atomic E-state index is 14.1. The molecular formula is C12H10FN3O4S. The van der Waals surface area contributed by atoms with E-state index in [0.29, 0.717) is 4.70 Å². The molecule has 7 nitrogen and oxygen atoms in total. The molecule has 21 heavy (non-hydrogen) atoms. The van der Waals surface area contributed by atoms with Crippen molar-refractivity contribution in [3.05, 3.63) is 27.6 Å². The first-order valence-corrected chi connectivity index (χ1v) is 6.76. The van der Waals surface area contributed by atoms with Crippen LogP contribution in [0.15, 0.2) is 16.9 Å². The first kappa shape index (κ1) is 13.6. The van der Waals surface area contributed by atoms with Crippen LogP contribution >= 0.6 is 11.3 Å². The number of carbonyl (C=O) groups is 2. The number of hydrogen-bond donors (Lipinski definition) is 1. The number of ether oxygens (including phenoxy) is 1. The number of carbonyl (C=O) groups excluding carboxylic acids is 2. The van der Waals surface area contributed by atoms with Crippen LogP contribution in [0.2, 0.25) is 0 Å². The summed E-state index contributed by atoms with van der Waals surface area (Å²) in [4.78, 5) is 35.2. The fraction of sp³-hybridized carbons (Fsp3) is 0.250. The zero-order chi connectivity index (χ0) is 15.3. The number of halogens is 1. The number of fused-ring (bicyclic) bond motifs is 1. The van der Waals surface area contributed by atoms with Crippen LogP contribution in [0.1, 0.15) is 0 Å². The number of nitrogens with zero attached hydrogens (tertiary/aromatic N) is 2. The van der Waals surface area contributed by atoms with Crippen LogP contribution in [0, 0.1) is 5.82 Å². The molecule has 1 aliphatic rings. The number of primary amides is 1. The summed E-state index contributed by atoms with van der Waals surface area (Å²) in [5.74, 6) is -1.39. The first-order chi connectivity index (χ1) is 9.88. The van der Waals surface area contributed by atoms with Crippen molar-refractivity contribution in [3.8, 4) is 0 Å². The maximum Gasteiger partial charge on any atom is 0.415 e. The quantitative estimate of drug-likeness (QED) is 0.876. The van der Waals surface area contributed by atoms with Gasteiger partial charge in [0.25, 0.3) is 5.91 Å². The molecule has 9 heteroatoms. The number of amides is 2. The Morgan fingerprint density at radius 1 is 1.48 bits per heavy atom. The summed E-state index contributed by atoms with van der Waals surface area (Å²) in [7, 11) is 1.47. The molecule has 1 saturated heterocycles. The van der Waals surface area contributed by atoms with Gasteiger partial charge in [0.2, 0.25) is 0 Å². The highest BCUT2D eigenvalue weighted by Gasteiger charge is 2.36. The summed E-state index contributed by atoms with van der Waals surface area (Å²) in [6.07, 6.45) is -1.84. The lowest BCUT2D eigenvalue weighted by molar-refractivity contribution is -0.124. The van der Waals surface area contributed by atoms with Crippen molar-refractivity contribution < 1.29 is 18.7 Å². The van der Waals surface area contributed by atoms with Crippen molar-refractivity contribution in [2.45, 2.75) is 6.10 Å². The molecule has 1 atom stereocenters. The lowest BCUT2D eigenvalue weighted by Crippen LogP contribution is -2.32. The Morgan fingerprint density at radius 3 is 2.81 bits per heavy atom. The molecule has 0 unspecified atom stereocenters. The normalized spacial score (nSPS) is 18.3. The number of aromatic nitrogens is 1. The van der Waals surface area contributed by atoms with Gasteiger partial charge in [0.15, 0.2) is 6.10 Å². The van der Waals surface area contributed by atoms with E-state index in [1.54, 1.807) is 0 Å². The van der Waals surface area contributed by atoms with Gasteiger partial charge in [-0.3, -0.25) is 19.1 Å². The van der Waals surface area contributed by atoms with Crippen LogP contribution < -0.4 is 15.5 Å². The lowest BCUT2D eigenvalue weighted by Gasteiger charge is -2.13. The lowest BCUT2D eigenvalue weighted by atomic mass is 10.2. The van der Waals surface area contributed by atoms with Crippen molar-refractivity contribution in [2.75, 3.05) is 11.4 Å². The van der Waals surface area contributed by atoms with E-state index < -0.39 is 23.9 Å². The van der Waals surface area contributed by atoms with E-state index in [4.69, 9.17) is 10.5 Å². The Bertz CT molecular complexity index is 828. The summed E-state index contributed by atoms with van der Waals surface area (Å²) in [5.41, 5.74) is 5.48. The van der Waals surface area contributed by atoms with Gasteiger partial charge in [0.05, 0.1) is 22.4 Å². The molecule has 1 aromatic heterocycles. The van der Waals surface area contributed by atoms with Crippen LogP contribution in [0.3, 0.4) is 0 Å². The SMILES string of the molecule is Cn1c(=O)sc2cc(N3C[C@H](C(N)=O)OC3=O)cc(F)c21. The van der Waals surface area contributed by atoms with Crippen LogP contribution in [0.5, 0.6) is 0 Å². The van der Waals surface area contributed by atoms with Gasteiger partial charge >= 0.3 is 11.0 Å². The van der Waals surface area contributed by atoms with Gasteiger partial charge in [-0.2, -0.15) is 0 Å². The molecule has 1 fully saturated rings. The molecule has 2 N–H and O–H groups in total. The number of thiazole rings is 1. The number of anilines is 1. The molecule has 0 saturated carbocycles. The van der Waals surface area contributed by atoms with Crippen molar-refractivity contribution in [1.29, 1.82) is 0 Å². The number of aryl methyl sites for hydroxylation is 1. The van der Waals surface area contributed by atoms with Gasteiger partial charge in [-0.1, -0.05) is 11.3 Å². The first-order valence-electron chi connectivity index (χ1n) is 5.95. The second-order valence-electron chi connectivity index (χ2n) is 4.59. The van der Waals surface area contributed by atoms with E-state index in [-0.39, 0.29) is 22.6 Å². The second kappa shape index (κ2) is 4.55. The molecule has 0 bridgehead atoms. The minimum Gasteiger partial charge on any atom is -0.434 e. The van der Waals surface area contributed by atoms with Gasteiger partial charge in [-0.25, -0.2) is 9.18 Å². The Morgan fingerprint density at radius 2 is 2.19 bits per heavy atom. The molecule has 2 heterocycles. The molecule has 0 radical (unpaired) electrons. The van der Waals surface area contributed by atoms with Crippen LogP contribution in [0.25, 0.3) is 10.2 Å². The fourth-order valence-corrected chi connectivity index (χ4v) is 3.12. The Hall–Kier alpha value is -2.42. The Balaban J connectivity index is 2.08. The molecule has 0 spiro atoms. The molecular weight excluding hydrogens is 301 g/mol. The van der Waals surface area contributed by atoms with Crippen LogP contribution in [-0.4, -0.2) is 29.2 Å². The predicted molar refractivity (Wildman–Crippen MR) is 73.8 cm³/mol. The highest BCUT2D eigenvalue weighted by atomic mass is 32.1. The van der Waals surface area contributed by atoms with Crippen LogP contribution in [-0.2, 0) is 16.6 Å². The predicted octanol–water partition coefficient (Wildman–Crippen LogP) is 0.550. The number of cyclic esters (lactones) is 1. The third kappa shape index (κ3) is 2.05. The minimum atomic E-state index is -1.06. The standard InChI is InChI=1S/C12H10FN3O4S/c1-15-9-6(13)2-5(3-8(9)21-12(15)19)16-4-7(10(14)17)20-11(16)18/h2-3,7H,4H2,1H3,(H2,14,17)/t7-/m1/s1. The van der Waals surface area contributed by atoms with Crippen molar-refractivity contribution in [2.24, 2.45) is 12.8 Å². The molecule has 110 valence electrons. The van der Waals surface area contributed by atoms with Gasteiger partial charge in [0, 0.05) is 13.1 Å². The average Bonchev–Trinajstić information content (AvgIpc) is 2.91. The topological polar surface area (TPSA) is 94.6 Å². The van der Waals surface area contributed by atoms with Crippen molar-refractivity contribution in [3.63, 3.8) is 0 Å². The van der Waals surface area contributed by atoms with E-state index >= 15 is 0 Å². The molecule has 2 amide bonds. The summed E-state index contributed by atoms with van der Waals surface area (Å²) in [6, 6.07) is 2.63. The van der Waals surface area contributed by atoms with Crippen LogP contribution in [0.4, 0.5) is 14.9 Å². The third-order valence-electron chi connectivity index (χ3n) is 3.26. The molecule has 2 aromatic rings. The highest BCUT2D eigenvalue weighted by molar-refractivity contribution is 7.16. The number of hydrogen-bond acceptors (Lipinski definition) is 5. The Labute approximate surface area is 121 Å². The van der Waals surface area contributed by atoms with Gasteiger partial charge in [-0.15, -0.1) is 0 Å². The summed E-state index contributed by atoms with van der Waals surface area (Å²) < 4.78 is 20.5. The second-order valence-corrected chi connectivity index (χ2v) is 5.58. The number of nitrogens with two attached hydrogens (primary N) is 1. The molecule has 0 aliphatic carbocycles. The average molecular weight is 311 g/mol. The van der Waals surface area contributed by atoms with Crippen molar-refractivity contribution >= 4 is 39.2 Å². The number of benzene rings is 1. The van der Waals surface area contributed by atoms with E-state index in [1.165, 1.54) is 17.7 Å². The van der Waals surface area contributed by atoms with E-state index in [1.807, 2.05) is 0 Å². The summed E-state index contributed by atoms with van der Waals surface area (Å²) in [5, 5.41) is 0. The number of rotatable bonds is 2. The molecule has 3 rings (SSSR count). The van der Waals surface area contributed by atoms with Gasteiger partial charge < -0.3 is 10.5 Å². The zero-order valence-electron chi connectivity index (χ0n) is 10.8. The summed E-state index contributed by atoms with van der Waals surface area (Å²) >= 11 is 0.871. The minimum absolute atomic E-state index is 0.0825. The van der Waals surface area contributed by atoms with E-state index in [9.17, 15) is 18.8 Å². The largest absolute Gasteiger partial charge is 0.434 e. The van der Waals surface area contributed by atoms with E-state index in [0.717, 1.165) is 22.3 Å². The summed E-state index contributed by atoms with van der Waals surface area (Å²) in [6.45, 7) is -0.0825. The monoisotopic (exact) mass is 311 g/mol. The molecule has 1 aliphatic heterocycles. The van der Waals surface area contributed by atoms with Gasteiger partial charge in [-0.05, 0) is 6.07 Å².